The Balaban J connectivity index is 1.41. The fourth-order valence-electron chi connectivity index (χ4n) is 9.77. The molecule has 4 fully saturated rings. The van der Waals surface area contributed by atoms with E-state index in [1.54, 1.807) is 7.11 Å². The lowest BCUT2D eigenvalue weighted by atomic mass is 9.45. The summed E-state index contributed by atoms with van der Waals surface area (Å²) < 4.78 is 6.22. The van der Waals surface area contributed by atoms with Crippen LogP contribution in [-0.4, -0.2) is 99.1 Å². The first-order valence-electron chi connectivity index (χ1n) is 20.2. The molecule has 1 saturated heterocycles. The number of carbonyl (C=O) groups excluding carboxylic acids is 1. The average Bonchev–Trinajstić information content (AvgIpc) is 3.47. The fourth-order valence-corrected chi connectivity index (χ4v) is 9.77. The molecule has 8 heteroatoms. The summed E-state index contributed by atoms with van der Waals surface area (Å²) in [5.41, 5.74) is 6.29. The maximum absolute atomic E-state index is 14.4. The van der Waals surface area contributed by atoms with Gasteiger partial charge in [0.15, 0.2) is 0 Å². The Morgan fingerprint density at radius 3 is 2.15 bits per heavy atom. The highest BCUT2D eigenvalue weighted by molar-refractivity contribution is 5.83. The molecule has 52 heavy (non-hydrogen) atoms. The van der Waals surface area contributed by atoms with Crippen LogP contribution in [0, 0.1) is 35.0 Å². The number of unbranched alkanes of at least 4 members (excludes halogenated alkanes) is 2. The molecule has 1 amide bonds. The zero-order chi connectivity index (χ0) is 37.7. The van der Waals surface area contributed by atoms with Crippen molar-refractivity contribution in [2.45, 2.75) is 111 Å². The molecule has 0 spiro atoms. The van der Waals surface area contributed by atoms with E-state index in [2.05, 4.69) is 114 Å². The summed E-state index contributed by atoms with van der Waals surface area (Å²) in [5.74, 6) is 2.57. The molecule has 1 aliphatic heterocycles. The lowest BCUT2D eigenvalue weighted by Gasteiger charge is -2.62. The molecule has 4 aliphatic rings. The molecule has 2 aromatic carbocycles. The number of aliphatic hydroxyl groups excluding tert-OH is 1. The van der Waals surface area contributed by atoms with Crippen molar-refractivity contribution in [3.63, 3.8) is 0 Å². The number of fused-ring (bicyclic) bond motifs is 2. The van der Waals surface area contributed by atoms with Gasteiger partial charge in [0.05, 0.1) is 20.3 Å². The van der Waals surface area contributed by atoms with E-state index in [9.17, 15) is 9.90 Å². The lowest BCUT2D eigenvalue weighted by molar-refractivity contribution is -0.183. The summed E-state index contributed by atoms with van der Waals surface area (Å²) in [4.78, 5) is 25.4. The monoisotopic (exact) mass is 719 g/mol. The predicted octanol–water partition coefficient (Wildman–Crippen LogP) is 7.07. The minimum absolute atomic E-state index is 0.0154. The second kappa shape index (κ2) is 17.8. The normalized spacial score (nSPS) is 27.0. The number of hydrogen-bond acceptors (Lipinski definition) is 7. The molecule has 1 heterocycles. The van der Waals surface area contributed by atoms with Crippen LogP contribution in [0.4, 0.5) is 0 Å². The highest BCUT2D eigenvalue weighted by Gasteiger charge is 2.57. The molecule has 2 N–H and O–H groups in total. The molecule has 3 saturated carbocycles. The standard InChI is InChI=1S/C44H70N4O4/c1-29(2)40-39(28-49)52-48(41(40)43(50)45-38-26-35-25-37(30(38)3)44(35,4)5)27-33-18-15-19-36(42(33)51-10)34-23-31(16-11-13-20-46(6)7)22-32(24-34)17-12-14-21-47(8)9/h15,18-19,22-24,29-30,35,37-41,49H,11-14,16-17,20-21,25-28H2,1-10H3,(H,45,50)/t30-,35+,37-,38-,39-,40+,41-/m0/s1. The first-order chi connectivity index (χ1) is 24.7. The van der Waals surface area contributed by atoms with Crippen LogP contribution in [-0.2, 0) is 29.0 Å². The molecule has 0 unspecified atom stereocenters. The van der Waals surface area contributed by atoms with E-state index in [4.69, 9.17) is 9.57 Å². The van der Waals surface area contributed by atoms with Crippen LogP contribution < -0.4 is 10.1 Å². The second-order valence-electron chi connectivity index (χ2n) is 17.8. The summed E-state index contributed by atoms with van der Waals surface area (Å²) in [6.45, 7) is 13.8. The topological polar surface area (TPSA) is 77.5 Å². The van der Waals surface area contributed by atoms with Crippen LogP contribution in [0.5, 0.6) is 5.75 Å². The van der Waals surface area contributed by atoms with Crippen molar-refractivity contribution < 1.29 is 19.5 Å². The van der Waals surface area contributed by atoms with Crippen LogP contribution in [0.25, 0.3) is 11.1 Å². The third-order valence-electron chi connectivity index (χ3n) is 12.9. The number of amides is 1. The van der Waals surface area contributed by atoms with Crippen LogP contribution in [0.1, 0.15) is 89.8 Å². The van der Waals surface area contributed by atoms with Crippen LogP contribution >= 0.6 is 0 Å². The van der Waals surface area contributed by atoms with Gasteiger partial charge in [0.25, 0.3) is 0 Å². The molecule has 290 valence electrons. The van der Waals surface area contributed by atoms with Gasteiger partial charge in [0.2, 0.25) is 5.91 Å². The first-order valence-corrected chi connectivity index (χ1v) is 20.2. The molecule has 0 aromatic heterocycles. The number of hydrogen-bond donors (Lipinski definition) is 2. The van der Waals surface area contributed by atoms with Crippen molar-refractivity contribution >= 4 is 5.91 Å². The largest absolute Gasteiger partial charge is 0.496 e. The lowest BCUT2D eigenvalue weighted by Crippen LogP contribution is -2.62. The van der Waals surface area contributed by atoms with E-state index in [-0.39, 0.29) is 30.4 Å². The van der Waals surface area contributed by atoms with Gasteiger partial charge in [-0.2, -0.15) is 5.06 Å². The maximum atomic E-state index is 14.4. The Hall–Kier alpha value is -2.49. The number of ether oxygens (including phenoxy) is 1. The number of aryl methyl sites for hydroxylation is 2. The van der Waals surface area contributed by atoms with Crippen LogP contribution in [0.15, 0.2) is 36.4 Å². The van der Waals surface area contributed by atoms with Gasteiger partial charge in [-0.25, -0.2) is 0 Å². The molecule has 3 aliphatic carbocycles. The summed E-state index contributed by atoms with van der Waals surface area (Å²) in [5, 5.41) is 15.8. The molecule has 2 bridgehead atoms. The molecular weight excluding hydrogens is 649 g/mol. The van der Waals surface area contributed by atoms with Gasteiger partial charge in [0.1, 0.15) is 17.9 Å². The van der Waals surface area contributed by atoms with Crippen LogP contribution in [0.2, 0.25) is 0 Å². The van der Waals surface area contributed by atoms with Crippen molar-refractivity contribution in [3.05, 3.63) is 53.1 Å². The number of nitrogens with one attached hydrogen (secondary N) is 1. The van der Waals surface area contributed by atoms with Gasteiger partial charge in [-0.1, -0.05) is 71.0 Å². The number of carbonyl (C=O) groups is 1. The molecule has 8 nitrogen and oxygen atoms in total. The molecule has 0 radical (unpaired) electrons. The number of hydroxylamine groups is 2. The zero-order valence-electron chi connectivity index (χ0n) is 34.1. The van der Waals surface area contributed by atoms with Gasteiger partial charge in [-0.05, 0) is 138 Å². The Bertz CT molecular complexity index is 1440. The van der Waals surface area contributed by atoms with E-state index in [1.807, 2.05) is 5.06 Å². The smallest absolute Gasteiger partial charge is 0.240 e. The van der Waals surface area contributed by atoms with Gasteiger partial charge in [-0.15, -0.1) is 0 Å². The maximum Gasteiger partial charge on any atom is 0.240 e. The number of nitrogens with zero attached hydrogens (tertiary/aromatic N) is 3. The van der Waals surface area contributed by atoms with Crippen molar-refractivity contribution in [2.24, 2.45) is 35.0 Å². The Morgan fingerprint density at radius 2 is 1.63 bits per heavy atom. The van der Waals surface area contributed by atoms with E-state index < -0.39 is 12.1 Å². The van der Waals surface area contributed by atoms with Crippen molar-refractivity contribution in [1.29, 1.82) is 0 Å². The zero-order valence-corrected chi connectivity index (χ0v) is 34.1. The van der Waals surface area contributed by atoms with Gasteiger partial charge in [0, 0.05) is 23.1 Å². The minimum Gasteiger partial charge on any atom is -0.496 e. The number of benzene rings is 2. The fraction of sp³-hybridized carbons (Fsp3) is 0.705. The van der Waals surface area contributed by atoms with Gasteiger partial charge in [-0.3, -0.25) is 9.63 Å². The van der Waals surface area contributed by atoms with Crippen molar-refractivity contribution in [1.82, 2.24) is 20.2 Å². The second-order valence-corrected chi connectivity index (χ2v) is 17.8. The van der Waals surface area contributed by atoms with E-state index in [0.717, 1.165) is 62.1 Å². The average molecular weight is 719 g/mol. The summed E-state index contributed by atoms with van der Waals surface area (Å²) in [6.07, 6.45) is 8.59. The molecule has 7 atom stereocenters. The number of para-hydroxylation sites is 1. The summed E-state index contributed by atoms with van der Waals surface area (Å²) in [6, 6.07) is 13.1. The SMILES string of the molecule is COc1c(CN2O[C@@H](CO)[C@@H](C(C)C)[C@H]2C(=O)N[C@H]2C[C@H]3C[C@@H]([C@@H]2C)C3(C)C)cccc1-c1cc(CCCCN(C)C)cc(CCCCN(C)C)c1. The Morgan fingerprint density at radius 1 is 1.00 bits per heavy atom. The minimum atomic E-state index is -0.511. The molecular formula is C44H70N4O4. The summed E-state index contributed by atoms with van der Waals surface area (Å²) >= 11 is 0. The van der Waals surface area contributed by atoms with Crippen molar-refractivity contribution in [3.8, 4) is 16.9 Å². The Kier molecular flexibility index (Phi) is 13.9. The number of aliphatic hydroxyl groups is 1. The Labute approximate surface area is 315 Å². The van der Waals surface area contributed by atoms with Crippen LogP contribution in [0.3, 0.4) is 0 Å². The highest BCUT2D eigenvalue weighted by Crippen LogP contribution is 2.61. The number of methoxy groups -OCH3 is 1. The molecule has 2 aromatic rings. The summed E-state index contributed by atoms with van der Waals surface area (Å²) in [7, 11) is 10.3. The molecule has 6 rings (SSSR count). The number of rotatable bonds is 18. The third-order valence-corrected chi connectivity index (χ3v) is 12.9. The van der Waals surface area contributed by atoms with Gasteiger partial charge >= 0.3 is 0 Å². The van der Waals surface area contributed by atoms with E-state index in [1.165, 1.54) is 36.0 Å². The highest BCUT2D eigenvalue weighted by atomic mass is 16.7. The predicted molar refractivity (Wildman–Crippen MR) is 212 cm³/mol. The quantitative estimate of drug-likeness (QED) is 0.160. The van der Waals surface area contributed by atoms with E-state index >= 15 is 0 Å². The van der Waals surface area contributed by atoms with Gasteiger partial charge < -0.3 is 25.0 Å². The third kappa shape index (κ3) is 9.23. The first kappa shape index (κ1) is 40.7. The van der Waals surface area contributed by atoms with Crippen molar-refractivity contribution in [2.75, 3.05) is 55.0 Å². The van der Waals surface area contributed by atoms with E-state index in [0.29, 0.717) is 29.7 Å².